The van der Waals surface area contributed by atoms with Gasteiger partial charge < -0.3 is 100 Å². The summed E-state index contributed by atoms with van der Waals surface area (Å²) in [5, 5.41) is 46.0. The Hall–Kier alpha value is -9.29. The average Bonchev–Trinajstić information content (AvgIpc) is 1.62. The third-order valence-electron chi connectivity index (χ3n) is 15.4. The van der Waals surface area contributed by atoms with Gasteiger partial charge in [-0.25, -0.2) is 9.97 Å². The predicted molar refractivity (Wildman–Crippen MR) is 357 cm³/mol. The number of thiol groups is 2. The van der Waals surface area contributed by atoms with E-state index in [4.69, 9.17) is 17.2 Å². The number of fused-ring (bicyclic) bond motifs is 1. The highest BCUT2D eigenvalue weighted by atomic mass is 32.1. The summed E-state index contributed by atoms with van der Waals surface area (Å²) in [5.74, 6) is -11.5. The van der Waals surface area contributed by atoms with Gasteiger partial charge in [0, 0.05) is 84.7 Å². The van der Waals surface area contributed by atoms with E-state index in [9.17, 15) is 67.7 Å². The first-order valence-electron chi connectivity index (χ1n) is 31.3. The number of carbonyl (C=O) groups is 12. The predicted octanol–water partition coefficient (Wildman–Crippen LogP) is -4.46. The van der Waals surface area contributed by atoms with Crippen molar-refractivity contribution in [3.05, 3.63) is 72.5 Å². The van der Waals surface area contributed by atoms with Crippen LogP contribution in [0.15, 0.2) is 60.5 Å². The second-order valence-electron chi connectivity index (χ2n) is 24.0. The number of aliphatic hydroxyl groups excluding tert-OH is 1. The number of carboxylic acids is 1. The number of aromatic amines is 3. The number of nitrogens with one attached hydrogen (secondary N) is 13. The number of nitrogens with two attached hydrogens (primary N) is 3. The lowest BCUT2D eigenvalue weighted by atomic mass is 10.00. The number of rotatable bonds is 39. The molecule has 11 amide bonds. The molecule has 1 fully saturated rings. The summed E-state index contributed by atoms with van der Waals surface area (Å²) < 4.78 is 0. The second kappa shape index (κ2) is 38.3. The number of imidazole rings is 2. The number of aliphatic imine (C=N–C) groups is 1. The van der Waals surface area contributed by atoms with Crippen molar-refractivity contribution in [3.8, 4) is 0 Å². The van der Waals surface area contributed by atoms with Crippen molar-refractivity contribution in [1.82, 2.24) is 83.0 Å². The van der Waals surface area contributed by atoms with Crippen molar-refractivity contribution in [2.75, 3.05) is 37.7 Å². The molecule has 0 bridgehead atoms. The Balaban J connectivity index is 1.29. The van der Waals surface area contributed by atoms with Crippen LogP contribution in [0.2, 0.25) is 0 Å². The van der Waals surface area contributed by atoms with E-state index < -0.39 is 151 Å². The van der Waals surface area contributed by atoms with Crippen LogP contribution < -0.4 is 70.4 Å². The minimum Gasteiger partial charge on any atom is -0.480 e. The minimum absolute atomic E-state index is 0.00483. The SMILES string of the molecule is CC(C)C[C@H](NC(=O)[C@H](CS)NC(=O)[C@@H]1CCCN1C(=O)[C@H](Cc1cnc[nH]1)NC(=O)[C@H](CC(C)C)NC(=O)[C@H](Cc1c[nH]c2ccccc12)NC(=O)[C@H](CO)NC(=O)CNC(=O)[C@H](CS)NC(=O)[C@H](CCCN=C(N)N)NC(=O)[C@@H](N)Cc1cnc[nH]1)C(=O)N[C@@H](C)C(=O)O. The molecule has 36 heteroatoms. The number of benzene rings is 1. The number of carbonyl (C=O) groups excluding carboxylic acids is 11. The fourth-order valence-corrected chi connectivity index (χ4v) is 10.9. The van der Waals surface area contributed by atoms with Crippen molar-refractivity contribution in [1.29, 1.82) is 0 Å². The summed E-state index contributed by atoms with van der Waals surface area (Å²) in [4.78, 5) is 186. The number of nitrogens with zero attached hydrogens (tertiary/aromatic N) is 4. The average molecular weight is 1380 g/mol. The van der Waals surface area contributed by atoms with Crippen molar-refractivity contribution in [3.63, 3.8) is 0 Å². The van der Waals surface area contributed by atoms with Gasteiger partial charge >= 0.3 is 5.97 Å². The first kappa shape index (κ1) is 77.4. The molecule has 0 spiro atoms. The van der Waals surface area contributed by atoms with Crippen LogP contribution in [0.4, 0.5) is 0 Å². The second-order valence-corrected chi connectivity index (χ2v) is 24.7. The van der Waals surface area contributed by atoms with Crippen LogP contribution in [0.1, 0.15) is 90.1 Å². The molecule has 1 aliphatic heterocycles. The Bertz CT molecular complexity index is 3330. The highest BCUT2D eigenvalue weighted by molar-refractivity contribution is 7.80. The zero-order chi connectivity index (χ0) is 70.8. The van der Waals surface area contributed by atoms with Crippen LogP contribution >= 0.6 is 25.3 Å². The molecule has 3 aromatic heterocycles. The Morgan fingerprint density at radius 1 is 0.635 bits per heavy atom. The van der Waals surface area contributed by atoms with Crippen LogP contribution in [0.5, 0.6) is 0 Å². The highest BCUT2D eigenvalue weighted by Crippen LogP contribution is 2.22. The van der Waals surface area contributed by atoms with E-state index in [-0.39, 0.29) is 93.8 Å². The number of hydrogen-bond acceptors (Lipinski definition) is 19. The van der Waals surface area contributed by atoms with Crippen LogP contribution in [0.25, 0.3) is 10.9 Å². The molecule has 4 heterocycles. The molecule has 526 valence electrons. The van der Waals surface area contributed by atoms with Gasteiger partial charge in [-0.2, -0.15) is 25.3 Å². The molecule has 1 saturated heterocycles. The summed E-state index contributed by atoms with van der Waals surface area (Å²) in [7, 11) is 0. The van der Waals surface area contributed by atoms with Crippen molar-refractivity contribution >= 4 is 113 Å². The molecule has 34 nitrogen and oxygen atoms in total. The topological polar surface area (TPSA) is 532 Å². The van der Waals surface area contributed by atoms with Crippen LogP contribution in [-0.2, 0) is 76.8 Å². The van der Waals surface area contributed by atoms with Crippen LogP contribution in [-0.4, -0.2) is 221 Å². The number of aliphatic hydroxyl groups is 1. The molecule has 1 aromatic carbocycles. The maximum atomic E-state index is 14.8. The van der Waals surface area contributed by atoms with Gasteiger partial charge in [0.1, 0.15) is 60.4 Å². The van der Waals surface area contributed by atoms with E-state index in [2.05, 4.69) is 108 Å². The van der Waals surface area contributed by atoms with Crippen molar-refractivity contribution in [2.45, 2.75) is 159 Å². The molecule has 0 aliphatic carbocycles. The van der Waals surface area contributed by atoms with E-state index >= 15 is 0 Å². The van der Waals surface area contributed by atoms with Gasteiger partial charge in [0.15, 0.2) is 5.96 Å². The lowest BCUT2D eigenvalue weighted by Crippen LogP contribution is -2.61. The van der Waals surface area contributed by atoms with E-state index in [1.54, 1.807) is 58.2 Å². The van der Waals surface area contributed by atoms with E-state index in [0.717, 1.165) is 0 Å². The molecule has 21 N–H and O–H groups in total. The molecule has 96 heavy (non-hydrogen) atoms. The van der Waals surface area contributed by atoms with Crippen LogP contribution in [0, 0.1) is 11.8 Å². The number of guanidine groups is 1. The molecular weight excluding hydrogens is 1290 g/mol. The summed E-state index contributed by atoms with van der Waals surface area (Å²) in [6.45, 7) is 6.79. The van der Waals surface area contributed by atoms with Gasteiger partial charge in [0.05, 0.1) is 31.8 Å². The fraction of sp³-hybridized carbons (Fsp3) is 0.550. The Kier molecular flexibility index (Phi) is 30.9. The van der Waals surface area contributed by atoms with Gasteiger partial charge in [-0.15, -0.1) is 0 Å². The standard InChI is InChI=1S/C60H90N20O14S2/c1-30(2)16-40(52(86)71-32(5)59(93)94)75-56(90)46(27-96)79-57(91)47-13-9-15-80(47)58(92)43(20-35-23-65-29-70-35)77-53(87)41(17-31(3)4)74-54(88)42(18-33-21-67-38-11-7-6-10-36(33)38)76-55(89)44(25-81)72-48(82)24-68-50(84)45(26-95)78-51(85)39(12-8-14-66-60(62)63)73-49(83)37(61)19-34-22-64-28-69-34/h6-7,10-11,21-23,28-32,37,39-47,67,81,95-96H,8-9,12-20,24-27,61H2,1-5H3,(H,64,69)(H,65,70)(H,68,84)(H,71,86)(H,72,82)(H,73,83)(H,74,88)(H,75,90)(H,76,89)(H,77,87)(H,78,85)(H,79,91)(H,93,94)(H4,62,63,66)/t32-,37-,39-,40-,41-,42-,43-,44-,45-,46-,47-/m0/s1. The summed E-state index contributed by atoms with van der Waals surface area (Å²) in [6.07, 6.45) is 7.86. The Morgan fingerprint density at radius 3 is 1.75 bits per heavy atom. The number of aliphatic carboxylic acids is 1. The largest absolute Gasteiger partial charge is 0.480 e. The number of aromatic nitrogens is 5. The molecule has 11 atom stereocenters. The van der Waals surface area contributed by atoms with Crippen molar-refractivity contribution < 1.29 is 67.7 Å². The Morgan fingerprint density at radius 2 is 1.17 bits per heavy atom. The zero-order valence-corrected chi connectivity index (χ0v) is 55.8. The maximum absolute atomic E-state index is 14.8. The third-order valence-corrected chi connectivity index (χ3v) is 16.1. The third kappa shape index (κ3) is 24.2. The molecule has 0 radical (unpaired) electrons. The van der Waals surface area contributed by atoms with E-state index in [1.165, 1.54) is 36.9 Å². The first-order valence-corrected chi connectivity index (χ1v) is 32.6. The van der Waals surface area contributed by atoms with Gasteiger partial charge in [-0.05, 0) is 68.9 Å². The van der Waals surface area contributed by atoms with Gasteiger partial charge in [-0.1, -0.05) is 45.9 Å². The van der Waals surface area contributed by atoms with Gasteiger partial charge in [0.25, 0.3) is 0 Å². The molecular formula is C60H90N20O14S2. The Labute approximate surface area is 564 Å². The quantitative estimate of drug-likeness (QED) is 0.00867. The number of hydrogen-bond donors (Lipinski definition) is 20. The lowest BCUT2D eigenvalue weighted by Gasteiger charge is -2.31. The number of carboxylic acid groups (broad SMARTS) is 1. The van der Waals surface area contributed by atoms with Crippen LogP contribution in [0.3, 0.4) is 0 Å². The summed E-state index contributed by atoms with van der Waals surface area (Å²) in [5.41, 5.74) is 19.2. The van der Waals surface area contributed by atoms with E-state index in [1.807, 2.05) is 0 Å². The number of H-pyrrole nitrogens is 3. The molecule has 5 rings (SSSR count). The summed E-state index contributed by atoms with van der Waals surface area (Å²) in [6, 6.07) is -7.49. The number of likely N-dealkylation sites (tertiary alicyclic amines) is 1. The first-order chi connectivity index (χ1) is 45.6. The lowest BCUT2D eigenvalue weighted by molar-refractivity contribution is -0.142. The summed E-state index contributed by atoms with van der Waals surface area (Å²) >= 11 is 8.50. The molecule has 4 aromatic rings. The molecule has 0 unspecified atom stereocenters. The van der Waals surface area contributed by atoms with Gasteiger partial charge in [-0.3, -0.25) is 62.5 Å². The zero-order valence-electron chi connectivity index (χ0n) is 54.0. The van der Waals surface area contributed by atoms with Crippen molar-refractivity contribution in [2.24, 2.45) is 34.0 Å². The fourth-order valence-electron chi connectivity index (χ4n) is 10.4. The maximum Gasteiger partial charge on any atom is 0.325 e. The number of para-hydroxylation sites is 1. The normalized spacial score (nSPS) is 16.0. The molecule has 1 aliphatic rings. The smallest absolute Gasteiger partial charge is 0.325 e. The van der Waals surface area contributed by atoms with Gasteiger partial charge in [0.2, 0.25) is 65.0 Å². The highest BCUT2D eigenvalue weighted by Gasteiger charge is 2.41. The monoisotopic (exact) mass is 1380 g/mol. The molecule has 0 saturated carbocycles. The van der Waals surface area contributed by atoms with E-state index in [0.29, 0.717) is 34.3 Å². The number of amides is 11. The minimum atomic E-state index is -1.73.